The van der Waals surface area contributed by atoms with Crippen LogP contribution in [0.4, 0.5) is 0 Å². The Kier molecular flexibility index (Phi) is 5.23. The fourth-order valence-corrected chi connectivity index (χ4v) is 1.72. The Morgan fingerprint density at radius 2 is 2.08 bits per heavy atom. The van der Waals surface area contributed by atoms with Crippen molar-refractivity contribution in [2.24, 2.45) is 5.41 Å². The van der Waals surface area contributed by atoms with Crippen molar-refractivity contribution >= 4 is 0 Å². The molecule has 0 aromatic heterocycles. The smallest absolute Gasteiger partial charge is 0.00438 e. The third-order valence-electron chi connectivity index (χ3n) is 2.11. The fraction of sp³-hybridized carbons (Fsp3) is 0.818. The summed E-state index contributed by atoms with van der Waals surface area (Å²) >= 11 is 0. The van der Waals surface area contributed by atoms with Crippen LogP contribution >= 0.6 is 0 Å². The van der Waals surface area contributed by atoms with Gasteiger partial charge in [-0.2, -0.15) is 0 Å². The zero-order valence-corrected chi connectivity index (χ0v) is 8.98. The maximum atomic E-state index is 3.78. The molecule has 0 rings (SSSR count). The standard InChI is InChI=1S/C11H23N/c1-6-8-11(4,5)9-10(3)12-7-2/h6,10,12H,1,7-9H2,2-5H3. The van der Waals surface area contributed by atoms with Gasteiger partial charge >= 0.3 is 0 Å². The van der Waals surface area contributed by atoms with Crippen LogP contribution in [0.1, 0.15) is 40.5 Å². The number of allylic oxidation sites excluding steroid dienone is 1. The van der Waals surface area contributed by atoms with Gasteiger partial charge in [0.2, 0.25) is 0 Å². The van der Waals surface area contributed by atoms with E-state index in [1.165, 1.54) is 6.42 Å². The summed E-state index contributed by atoms with van der Waals surface area (Å²) in [4.78, 5) is 0. The number of hydrogen-bond acceptors (Lipinski definition) is 1. The zero-order chi connectivity index (χ0) is 9.61. The maximum absolute atomic E-state index is 3.78. The van der Waals surface area contributed by atoms with Crippen molar-refractivity contribution in [2.75, 3.05) is 6.54 Å². The van der Waals surface area contributed by atoms with Crippen LogP contribution in [0.15, 0.2) is 12.7 Å². The molecule has 0 aromatic rings. The zero-order valence-electron chi connectivity index (χ0n) is 8.98. The lowest BCUT2D eigenvalue weighted by Gasteiger charge is -2.27. The summed E-state index contributed by atoms with van der Waals surface area (Å²) in [6.45, 7) is 13.8. The van der Waals surface area contributed by atoms with Gasteiger partial charge in [-0.3, -0.25) is 0 Å². The highest BCUT2D eigenvalue weighted by atomic mass is 14.9. The molecule has 72 valence electrons. The second kappa shape index (κ2) is 5.36. The fourth-order valence-electron chi connectivity index (χ4n) is 1.72. The molecular formula is C11H23N. The summed E-state index contributed by atoms with van der Waals surface area (Å²) in [6, 6.07) is 0.616. The lowest BCUT2D eigenvalue weighted by Crippen LogP contribution is -2.30. The molecule has 1 nitrogen and oxygen atoms in total. The van der Waals surface area contributed by atoms with Crippen LogP contribution in [-0.2, 0) is 0 Å². The summed E-state index contributed by atoms with van der Waals surface area (Å²) in [5.41, 5.74) is 0.392. The Bertz CT molecular complexity index is 127. The molecule has 1 N–H and O–H groups in total. The number of nitrogens with one attached hydrogen (secondary N) is 1. The van der Waals surface area contributed by atoms with Crippen molar-refractivity contribution in [1.82, 2.24) is 5.32 Å². The molecule has 0 spiro atoms. The summed E-state index contributed by atoms with van der Waals surface area (Å²) in [5, 5.41) is 3.43. The summed E-state index contributed by atoms with van der Waals surface area (Å²) in [7, 11) is 0. The van der Waals surface area contributed by atoms with Crippen LogP contribution in [0.5, 0.6) is 0 Å². The Morgan fingerprint density at radius 1 is 1.50 bits per heavy atom. The molecule has 0 amide bonds. The summed E-state index contributed by atoms with van der Waals surface area (Å²) < 4.78 is 0. The van der Waals surface area contributed by atoms with Gasteiger partial charge in [0.25, 0.3) is 0 Å². The predicted octanol–water partition coefficient (Wildman–Crippen LogP) is 2.98. The van der Waals surface area contributed by atoms with Gasteiger partial charge in [0.15, 0.2) is 0 Å². The Balaban J connectivity index is 3.78. The normalized spacial score (nSPS) is 14.3. The van der Waals surface area contributed by atoms with Crippen molar-refractivity contribution in [3.8, 4) is 0 Å². The molecule has 1 atom stereocenters. The van der Waals surface area contributed by atoms with Crippen LogP contribution in [0.2, 0.25) is 0 Å². The van der Waals surface area contributed by atoms with E-state index in [4.69, 9.17) is 0 Å². The van der Waals surface area contributed by atoms with E-state index >= 15 is 0 Å². The van der Waals surface area contributed by atoms with Gasteiger partial charge in [-0.1, -0.05) is 26.8 Å². The molecule has 0 bridgehead atoms. The van der Waals surface area contributed by atoms with E-state index in [9.17, 15) is 0 Å². The van der Waals surface area contributed by atoms with Gasteiger partial charge in [-0.15, -0.1) is 6.58 Å². The monoisotopic (exact) mass is 169 g/mol. The highest BCUT2D eigenvalue weighted by Gasteiger charge is 2.18. The first-order valence-electron chi connectivity index (χ1n) is 4.86. The lowest BCUT2D eigenvalue weighted by molar-refractivity contribution is 0.294. The van der Waals surface area contributed by atoms with Crippen molar-refractivity contribution in [1.29, 1.82) is 0 Å². The van der Waals surface area contributed by atoms with Gasteiger partial charge in [0.1, 0.15) is 0 Å². The first kappa shape index (κ1) is 11.7. The van der Waals surface area contributed by atoms with Crippen LogP contribution in [0.3, 0.4) is 0 Å². The minimum atomic E-state index is 0.392. The molecule has 0 saturated heterocycles. The van der Waals surface area contributed by atoms with Gasteiger partial charge in [-0.25, -0.2) is 0 Å². The van der Waals surface area contributed by atoms with Crippen LogP contribution in [-0.4, -0.2) is 12.6 Å². The molecular weight excluding hydrogens is 146 g/mol. The van der Waals surface area contributed by atoms with E-state index in [0.717, 1.165) is 13.0 Å². The average Bonchev–Trinajstić information content (AvgIpc) is 1.85. The molecule has 0 aliphatic rings. The van der Waals surface area contributed by atoms with Crippen molar-refractivity contribution in [3.63, 3.8) is 0 Å². The van der Waals surface area contributed by atoms with Crippen LogP contribution in [0, 0.1) is 5.41 Å². The maximum Gasteiger partial charge on any atom is 0.00438 e. The molecule has 1 heteroatoms. The van der Waals surface area contributed by atoms with E-state index in [-0.39, 0.29) is 0 Å². The van der Waals surface area contributed by atoms with Gasteiger partial charge in [-0.05, 0) is 31.7 Å². The number of rotatable bonds is 6. The van der Waals surface area contributed by atoms with E-state index in [2.05, 4.69) is 39.6 Å². The van der Waals surface area contributed by atoms with Gasteiger partial charge in [0, 0.05) is 6.04 Å². The minimum absolute atomic E-state index is 0.392. The molecule has 0 radical (unpaired) electrons. The Labute approximate surface area is 77.2 Å². The highest BCUT2D eigenvalue weighted by molar-refractivity contribution is 4.82. The third kappa shape index (κ3) is 5.36. The molecule has 0 heterocycles. The topological polar surface area (TPSA) is 12.0 Å². The first-order chi connectivity index (χ1) is 5.52. The van der Waals surface area contributed by atoms with Gasteiger partial charge < -0.3 is 5.32 Å². The van der Waals surface area contributed by atoms with E-state index < -0.39 is 0 Å². The summed E-state index contributed by atoms with van der Waals surface area (Å²) in [5.74, 6) is 0. The first-order valence-corrected chi connectivity index (χ1v) is 4.86. The molecule has 0 aliphatic heterocycles. The predicted molar refractivity (Wildman–Crippen MR) is 56.4 cm³/mol. The van der Waals surface area contributed by atoms with Crippen LogP contribution < -0.4 is 5.32 Å². The van der Waals surface area contributed by atoms with E-state index in [1.807, 2.05) is 6.08 Å². The second-order valence-electron chi connectivity index (χ2n) is 4.32. The molecule has 0 saturated carbocycles. The van der Waals surface area contributed by atoms with Gasteiger partial charge in [0.05, 0.1) is 0 Å². The number of hydrogen-bond donors (Lipinski definition) is 1. The lowest BCUT2D eigenvalue weighted by atomic mass is 9.83. The highest BCUT2D eigenvalue weighted by Crippen LogP contribution is 2.26. The van der Waals surface area contributed by atoms with Crippen LogP contribution in [0.25, 0.3) is 0 Å². The van der Waals surface area contributed by atoms with E-state index in [1.54, 1.807) is 0 Å². The molecule has 0 aliphatic carbocycles. The Morgan fingerprint density at radius 3 is 2.50 bits per heavy atom. The van der Waals surface area contributed by atoms with E-state index in [0.29, 0.717) is 11.5 Å². The third-order valence-corrected chi connectivity index (χ3v) is 2.11. The molecule has 0 aromatic carbocycles. The van der Waals surface area contributed by atoms with Crippen molar-refractivity contribution in [2.45, 2.75) is 46.6 Å². The molecule has 0 fully saturated rings. The molecule has 1 unspecified atom stereocenters. The van der Waals surface area contributed by atoms with Crippen molar-refractivity contribution < 1.29 is 0 Å². The van der Waals surface area contributed by atoms with Crippen molar-refractivity contribution in [3.05, 3.63) is 12.7 Å². The SMILES string of the molecule is C=CCC(C)(C)CC(C)NCC. The largest absolute Gasteiger partial charge is 0.315 e. The quantitative estimate of drug-likeness (QED) is 0.603. The minimum Gasteiger partial charge on any atom is -0.315 e. The molecule has 12 heavy (non-hydrogen) atoms. The summed E-state index contributed by atoms with van der Waals surface area (Å²) in [6.07, 6.45) is 4.33. The average molecular weight is 169 g/mol. The Hall–Kier alpha value is -0.300. The second-order valence-corrected chi connectivity index (χ2v) is 4.32.